The molecule has 0 aliphatic carbocycles. The van der Waals surface area contributed by atoms with Crippen molar-refractivity contribution in [2.45, 2.75) is 18.4 Å². The smallest absolute Gasteiger partial charge is 0.243 e. The van der Waals surface area contributed by atoms with Crippen molar-refractivity contribution in [3.05, 3.63) is 63.6 Å². The predicted octanol–water partition coefficient (Wildman–Crippen LogP) is 3.81. The first kappa shape index (κ1) is 18.7. The lowest BCUT2D eigenvalue weighted by molar-refractivity contribution is 0.181. The van der Waals surface area contributed by atoms with Gasteiger partial charge in [0.15, 0.2) is 0 Å². The molecule has 1 heterocycles. The van der Waals surface area contributed by atoms with Crippen LogP contribution in [0, 0.1) is 6.92 Å². The Bertz CT molecular complexity index is 846. The highest BCUT2D eigenvalue weighted by molar-refractivity contribution is 7.89. The Hall–Kier alpha value is -1.11. The van der Waals surface area contributed by atoms with E-state index in [9.17, 15) is 8.42 Å². The standard InChI is InChI=1S/C18H20Cl2N2O2S/c1-14-2-6-17(7-3-14)25(23,24)22-10-8-21(9-11-22)13-15-4-5-16(19)12-18(15)20/h2-7,12H,8-11,13H2,1H3. The second-order valence-electron chi connectivity index (χ2n) is 6.23. The average Bonchev–Trinajstić information content (AvgIpc) is 2.58. The molecule has 0 atom stereocenters. The van der Waals surface area contributed by atoms with Gasteiger partial charge < -0.3 is 0 Å². The summed E-state index contributed by atoms with van der Waals surface area (Å²) in [7, 11) is -3.43. The van der Waals surface area contributed by atoms with Gasteiger partial charge in [0.05, 0.1) is 4.90 Å². The number of sulfonamides is 1. The lowest BCUT2D eigenvalue weighted by Gasteiger charge is -2.34. The molecular weight excluding hydrogens is 379 g/mol. The first-order chi connectivity index (χ1) is 11.9. The quantitative estimate of drug-likeness (QED) is 0.785. The summed E-state index contributed by atoms with van der Waals surface area (Å²) in [4.78, 5) is 2.56. The molecule has 0 aromatic heterocycles. The van der Waals surface area contributed by atoms with E-state index in [0.29, 0.717) is 47.7 Å². The molecule has 0 amide bonds. The molecule has 0 saturated carbocycles. The van der Waals surface area contributed by atoms with Gasteiger partial charge in [-0.2, -0.15) is 4.31 Å². The van der Waals surface area contributed by atoms with Crippen LogP contribution in [-0.2, 0) is 16.6 Å². The summed E-state index contributed by atoms with van der Waals surface area (Å²) in [5.41, 5.74) is 2.05. The summed E-state index contributed by atoms with van der Waals surface area (Å²) in [6.45, 7) is 4.92. The Morgan fingerprint density at radius 2 is 1.60 bits per heavy atom. The van der Waals surface area contributed by atoms with Crippen molar-refractivity contribution in [2.75, 3.05) is 26.2 Å². The number of halogens is 2. The third-order valence-electron chi connectivity index (χ3n) is 4.40. The van der Waals surface area contributed by atoms with E-state index in [1.54, 1.807) is 22.5 Å². The molecule has 0 spiro atoms. The van der Waals surface area contributed by atoms with Gasteiger partial charge in [-0.05, 0) is 36.8 Å². The topological polar surface area (TPSA) is 40.6 Å². The average molecular weight is 399 g/mol. The highest BCUT2D eigenvalue weighted by Crippen LogP contribution is 2.24. The number of nitrogens with zero attached hydrogens (tertiary/aromatic N) is 2. The number of hydrogen-bond donors (Lipinski definition) is 0. The molecule has 1 saturated heterocycles. The molecule has 1 aliphatic rings. The van der Waals surface area contributed by atoms with Crippen LogP contribution in [0.1, 0.15) is 11.1 Å². The van der Waals surface area contributed by atoms with Gasteiger partial charge in [0.25, 0.3) is 0 Å². The molecular formula is C18H20Cl2N2O2S. The molecule has 0 bridgehead atoms. The molecule has 2 aromatic carbocycles. The Kier molecular flexibility index (Phi) is 5.71. The second kappa shape index (κ2) is 7.64. The van der Waals surface area contributed by atoms with Crippen LogP contribution >= 0.6 is 23.2 Å². The van der Waals surface area contributed by atoms with Crippen LogP contribution in [0.2, 0.25) is 10.0 Å². The SMILES string of the molecule is Cc1ccc(S(=O)(=O)N2CCN(Cc3ccc(Cl)cc3Cl)CC2)cc1. The second-order valence-corrected chi connectivity index (χ2v) is 9.01. The number of hydrogen-bond acceptors (Lipinski definition) is 3. The van der Waals surface area contributed by atoms with Crippen molar-refractivity contribution in [1.82, 2.24) is 9.21 Å². The highest BCUT2D eigenvalue weighted by atomic mass is 35.5. The maximum atomic E-state index is 12.7. The molecule has 7 heteroatoms. The van der Waals surface area contributed by atoms with E-state index in [2.05, 4.69) is 4.90 Å². The molecule has 4 nitrogen and oxygen atoms in total. The number of rotatable bonds is 4. The lowest BCUT2D eigenvalue weighted by Crippen LogP contribution is -2.48. The summed E-state index contributed by atoms with van der Waals surface area (Å²) < 4.78 is 27.0. The fourth-order valence-electron chi connectivity index (χ4n) is 2.88. The predicted molar refractivity (Wildman–Crippen MR) is 102 cm³/mol. The summed E-state index contributed by atoms with van der Waals surface area (Å²) in [5.74, 6) is 0. The number of piperazine rings is 1. The first-order valence-electron chi connectivity index (χ1n) is 8.09. The number of benzene rings is 2. The van der Waals surface area contributed by atoms with E-state index in [4.69, 9.17) is 23.2 Å². The molecule has 0 N–H and O–H groups in total. The van der Waals surface area contributed by atoms with E-state index >= 15 is 0 Å². The Balaban J connectivity index is 1.64. The monoisotopic (exact) mass is 398 g/mol. The minimum absolute atomic E-state index is 0.354. The van der Waals surface area contributed by atoms with Crippen LogP contribution in [-0.4, -0.2) is 43.8 Å². The van der Waals surface area contributed by atoms with Crippen LogP contribution in [0.3, 0.4) is 0 Å². The fraction of sp³-hybridized carbons (Fsp3) is 0.333. The molecule has 2 aromatic rings. The van der Waals surface area contributed by atoms with Crippen molar-refractivity contribution < 1.29 is 8.42 Å². The Labute approximate surface area is 159 Å². The Morgan fingerprint density at radius 3 is 2.20 bits per heavy atom. The summed E-state index contributed by atoms with van der Waals surface area (Å²) >= 11 is 12.2. The molecule has 3 rings (SSSR count). The van der Waals surface area contributed by atoms with Gasteiger partial charge in [0.1, 0.15) is 0 Å². The van der Waals surface area contributed by atoms with Gasteiger partial charge in [-0.3, -0.25) is 4.90 Å². The van der Waals surface area contributed by atoms with Crippen LogP contribution in [0.15, 0.2) is 47.4 Å². The van der Waals surface area contributed by atoms with Crippen molar-refractivity contribution in [3.8, 4) is 0 Å². The van der Waals surface area contributed by atoms with E-state index in [1.165, 1.54) is 0 Å². The Morgan fingerprint density at radius 1 is 0.960 bits per heavy atom. The van der Waals surface area contributed by atoms with Gasteiger partial charge in [-0.15, -0.1) is 0 Å². The molecule has 1 aliphatic heterocycles. The van der Waals surface area contributed by atoms with Crippen molar-refractivity contribution in [1.29, 1.82) is 0 Å². The van der Waals surface area contributed by atoms with Crippen LogP contribution < -0.4 is 0 Å². The first-order valence-corrected chi connectivity index (χ1v) is 10.3. The van der Waals surface area contributed by atoms with Crippen LogP contribution in [0.4, 0.5) is 0 Å². The molecule has 134 valence electrons. The number of aryl methyl sites for hydroxylation is 1. The molecule has 1 fully saturated rings. The van der Waals surface area contributed by atoms with Gasteiger partial charge in [-0.25, -0.2) is 8.42 Å². The van der Waals surface area contributed by atoms with E-state index in [-0.39, 0.29) is 0 Å². The molecule has 0 radical (unpaired) electrons. The van der Waals surface area contributed by atoms with Gasteiger partial charge in [-0.1, -0.05) is 47.0 Å². The van der Waals surface area contributed by atoms with Gasteiger partial charge in [0, 0.05) is 42.8 Å². The fourth-order valence-corrected chi connectivity index (χ4v) is 4.77. The van der Waals surface area contributed by atoms with E-state index in [0.717, 1.165) is 11.1 Å². The minimum Gasteiger partial charge on any atom is -0.296 e. The molecule has 25 heavy (non-hydrogen) atoms. The van der Waals surface area contributed by atoms with Crippen molar-refractivity contribution in [3.63, 3.8) is 0 Å². The molecule has 0 unspecified atom stereocenters. The maximum Gasteiger partial charge on any atom is 0.243 e. The maximum absolute atomic E-state index is 12.7. The summed E-state index contributed by atoms with van der Waals surface area (Å²) in [6.07, 6.45) is 0. The normalized spacial score (nSPS) is 16.9. The summed E-state index contributed by atoms with van der Waals surface area (Å²) in [6, 6.07) is 12.5. The zero-order valence-electron chi connectivity index (χ0n) is 14.0. The van der Waals surface area contributed by atoms with Crippen LogP contribution in [0.5, 0.6) is 0 Å². The van der Waals surface area contributed by atoms with Crippen molar-refractivity contribution in [2.24, 2.45) is 0 Å². The highest BCUT2D eigenvalue weighted by Gasteiger charge is 2.28. The van der Waals surface area contributed by atoms with Crippen molar-refractivity contribution >= 4 is 33.2 Å². The largest absolute Gasteiger partial charge is 0.296 e. The third-order valence-corrected chi connectivity index (χ3v) is 6.90. The third kappa shape index (κ3) is 4.36. The minimum atomic E-state index is -3.43. The summed E-state index contributed by atoms with van der Waals surface area (Å²) in [5, 5.41) is 1.25. The van der Waals surface area contributed by atoms with E-state index in [1.807, 2.05) is 31.2 Å². The van der Waals surface area contributed by atoms with Crippen LogP contribution in [0.25, 0.3) is 0 Å². The van der Waals surface area contributed by atoms with E-state index < -0.39 is 10.0 Å². The zero-order valence-corrected chi connectivity index (χ0v) is 16.3. The van der Waals surface area contributed by atoms with Gasteiger partial charge in [0.2, 0.25) is 10.0 Å². The zero-order chi connectivity index (χ0) is 18.0. The van der Waals surface area contributed by atoms with Gasteiger partial charge >= 0.3 is 0 Å². The lowest BCUT2D eigenvalue weighted by atomic mass is 10.2.